The van der Waals surface area contributed by atoms with Gasteiger partial charge in [-0.15, -0.1) is 0 Å². The number of carbonyl (C=O) groups excluding carboxylic acids is 1. The Morgan fingerprint density at radius 1 is 1.50 bits per heavy atom. The molecule has 0 aliphatic carbocycles. The van der Waals surface area contributed by atoms with Crippen LogP contribution in [0.25, 0.3) is 0 Å². The number of rotatable bonds is 2. The zero-order valence-corrected chi connectivity index (χ0v) is 8.38. The van der Waals surface area contributed by atoms with Crippen molar-refractivity contribution in [3.8, 4) is 0 Å². The van der Waals surface area contributed by atoms with Crippen LogP contribution in [0.2, 0.25) is 0 Å². The van der Waals surface area contributed by atoms with Crippen LogP contribution in [0.1, 0.15) is 24.1 Å². The maximum Gasteiger partial charge on any atom is 0.417 e. The monoisotopic (exact) mass is 233 g/mol. The number of halogens is 3. The normalized spacial score (nSPS) is 13.3. The molecule has 0 aromatic carbocycles. The van der Waals surface area contributed by atoms with E-state index in [2.05, 4.69) is 4.98 Å². The van der Waals surface area contributed by atoms with Crippen molar-refractivity contribution in [3.63, 3.8) is 0 Å². The summed E-state index contributed by atoms with van der Waals surface area (Å²) < 4.78 is 36.6. The average Bonchev–Trinajstić information content (AvgIpc) is 2.26. The topological polar surface area (TPSA) is 68.0 Å². The Bertz CT molecular complexity index is 375. The molecule has 0 saturated carbocycles. The Hall–Kier alpha value is -1.63. The minimum Gasteiger partial charge on any atom is -0.294 e. The summed E-state index contributed by atoms with van der Waals surface area (Å²) in [5.41, 5.74) is 1.29. The first-order valence-electron chi connectivity index (χ1n) is 4.40. The van der Waals surface area contributed by atoms with Gasteiger partial charge in [0.25, 0.3) is 0 Å². The van der Waals surface area contributed by atoms with Gasteiger partial charge in [0.1, 0.15) is 0 Å². The summed E-state index contributed by atoms with van der Waals surface area (Å²) in [5, 5.41) is 0. The number of amides is 1. The van der Waals surface area contributed by atoms with E-state index in [0.717, 1.165) is 12.1 Å². The minimum atomic E-state index is -4.43. The van der Waals surface area contributed by atoms with E-state index in [1.54, 1.807) is 0 Å². The largest absolute Gasteiger partial charge is 0.417 e. The molecule has 0 radical (unpaired) electrons. The second-order valence-corrected chi connectivity index (χ2v) is 3.20. The summed E-state index contributed by atoms with van der Waals surface area (Å²) in [5.74, 6) is 3.71. The molecule has 1 unspecified atom stereocenters. The van der Waals surface area contributed by atoms with Gasteiger partial charge in [-0.05, 0) is 19.1 Å². The van der Waals surface area contributed by atoms with Crippen molar-refractivity contribution < 1.29 is 18.0 Å². The summed E-state index contributed by atoms with van der Waals surface area (Å²) in [6.45, 7) is 1.50. The van der Waals surface area contributed by atoms with Gasteiger partial charge in [0.05, 0.1) is 17.2 Å². The predicted octanol–water partition coefficient (Wildman–Crippen LogP) is 1.19. The van der Waals surface area contributed by atoms with Crippen LogP contribution >= 0.6 is 0 Å². The molecule has 88 valence electrons. The van der Waals surface area contributed by atoms with Crippen LogP contribution in [0, 0.1) is 0 Å². The summed E-state index contributed by atoms with van der Waals surface area (Å²) in [4.78, 5) is 14.7. The molecule has 1 aromatic heterocycles. The number of aromatic nitrogens is 1. The van der Waals surface area contributed by atoms with E-state index in [1.165, 1.54) is 6.92 Å². The van der Waals surface area contributed by atoms with Crippen LogP contribution in [0.4, 0.5) is 13.2 Å². The van der Waals surface area contributed by atoms with Crippen molar-refractivity contribution in [2.24, 2.45) is 5.84 Å². The zero-order valence-electron chi connectivity index (χ0n) is 8.38. The molecule has 3 N–H and O–H groups in total. The molecular weight excluding hydrogens is 223 g/mol. The van der Waals surface area contributed by atoms with Gasteiger partial charge in [0.2, 0.25) is 5.91 Å². The maximum atomic E-state index is 12.2. The van der Waals surface area contributed by atoms with E-state index in [9.17, 15) is 18.0 Å². The minimum absolute atomic E-state index is 0.232. The lowest BCUT2D eigenvalue weighted by molar-refractivity contribution is -0.137. The smallest absolute Gasteiger partial charge is 0.294 e. The standard InChI is InChI=1S/C9H10F3N3O/c1-5(8(16)15-13)7-3-2-6(4-14-7)9(10,11)12/h2-5H,13H2,1H3,(H,15,16). The quantitative estimate of drug-likeness (QED) is 0.458. The molecule has 0 aliphatic heterocycles. The lowest BCUT2D eigenvalue weighted by Gasteiger charge is -2.10. The zero-order chi connectivity index (χ0) is 12.3. The van der Waals surface area contributed by atoms with Gasteiger partial charge in [-0.25, -0.2) is 5.84 Å². The molecule has 1 heterocycles. The van der Waals surface area contributed by atoms with Crippen molar-refractivity contribution in [1.29, 1.82) is 0 Å². The Labute approximate surface area is 89.6 Å². The molecule has 1 amide bonds. The van der Waals surface area contributed by atoms with Gasteiger partial charge in [-0.3, -0.25) is 15.2 Å². The Morgan fingerprint density at radius 2 is 2.12 bits per heavy atom. The number of pyridine rings is 1. The van der Waals surface area contributed by atoms with Crippen LogP contribution in [0.15, 0.2) is 18.3 Å². The molecule has 0 spiro atoms. The van der Waals surface area contributed by atoms with E-state index in [4.69, 9.17) is 5.84 Å². The van der Waals surface area contributed by atoms with Gasteiger partial charge in [0.15, 0.2) is 0 Å². The number of nitrogens with zero attached hydrogens (tertiary/aromatic N) is 1. The molecule has 1 rings (SSSR count). The van der Waals surface area contributed by atoms with Gasteiger partial charge in [0, 0.05) is 6.20 Å². The molecule has 1 aromatic rings. The van der Waals surface area contributed by atoms with Crippen molar-refractivity contribution in [1.82, 2.24) is 10.4 Å². The number of hydrogen-bond donors (Lipinski definition) is 2. The summed E-state index contributed by atoms with van der Waals surface area (Å²) in [6.07, 6.45) is -3.74. The Kier molecular flexibility index (Phi) is 3.48. The van der Waals surface area contributed by atoms with Crippen LogP contribution < -0.4 is 11.3 Å². The number of hydrazine groups is 1. The fourth-order valence-corrected chi connectivity index (χ4v) is 1.09. The van der Waals surface area contributed by atoms with E-state index in [0.29, 0.717) is 6.20 Å². The fourth-order valence-electron chi connectivity index (χ4n) is 1.09. The molecule has 0 saturated heterocycles. The van der Waals surface area contributed by atoms with Crippen LogP contribution in [-0.2, 0) is 11.0 Å². The first kappa shape index (κ1) is 12.4. The SMILES string of the molecule is CC(C(=O)NN)c1ccc(C(F)(F)F)cn1. The number of nitrogens with two attached hydrogens (primary N) is 1. The van der Waals surface area contributed by atoms with Crippen LogP contribution in [0.5, 0.6) is 0 Å². The first-order chi connectivity index (χ1) is 7.36. The summed E-state index contributed by atoms with van der Waals surface area (Å²) in [7, 11) is 0. The van der Waals surface area contributed by atoms with Gasteiger partial charge in [-0.1, -0.05) is 0 Å². The van der Waals surface area contributed by atoms with Gasteiger partial charge >= 0.3 is 6.18 Å². The molecule has 1 atom stereocenters. The van der Waals surface area contributed by atoms with E-state index >= 15 is 0 Å². The Morgan fingerprint density at radius 3 is 2.50 bits per heavy atom. The highest BCUT2D eigenvalue weighted by molar-refractivity contribution is 5.82. The molecule has 7 heteroatoms. The average molecular weight is 233 g/mol. The molecule has 0 fully saturated rings. The number of carbonyl (C=O) groups is 1. The predicted molar refractivity (Wildman–Crippen MR) is 50.0 cm³/mol. The third-order valence-electron chi connectivity index (χ3n) is 2.09. The molecular formula is C9H10F3N3O. The number of nitrogens with one attached hydrogen (secondary N) is 1. The van der Waals surface area contributed by atoms with Gasteiger partial charge in [-0.2, -0.15) is 13.2 Å². The Balaban J connectivity index is 2.91. The highest BCUT2D eigenvalue weighted by atomic mass is 19.4. The molecule has 16 heavy (non-hydrogen) atoms. The van der Waals surface area contributed by atoms with Crippen LogP contribution in [0.3, 0.4) is 0 Å². The third kappa shape index (κ3) is 2.69. The first-order valence-corrected chi connectivity index (χ1v) is 4.40. The lowest BCUT2D eigenvalue weighted by Crippen LogP contribution is -2.34. The fraction of sp³-hybridized carbons (Fsp3) is 0.333. The summed E-state index contributed by atoms with van der Waals surface area (Å²) >= 11 is 0. The van der Waals surface area contributed by atoms with E-state index in [-0.39, 0.29) is 5.69 Å². The van der Waals surface area contributed by atoms with Crippen molar-refractivity contribution in [3.05, 3.63) is 29.6 Å². The van der Waals surface area contributed by atoms with E-state index < -0.39 is 23.6 Å². The maximum absolute atomic E-state index is 12.2. The second-order valence-electron chi connectivity index (χ2n) is 3.20. The molecule has 4 nitrogen and oxygen atoms in total. The van der Waals surface area contributed by atoms with Crippen molar-refractivity contribution >= 4 is 5.91 Å². The molecule has 0 bridgehead atoms. The highest BCUT2D eigenvalue weighted by Crippen LogP contribution is 2.29. The van der Waals surface area contributed by atoms with E-state index in [1.807, 2.05) is 5.43 Å². The van der Waals surface area contributed by atoms with Crippen molar-refractivity contribution in [2.45, 2.75) is 19.0 Å². The number of alkyl halides is 3. The lowest BCUT2D eigenvalue weighted by atomic mass is 10.1. The van der Waals surface area contributed by atoms with Crippen LogP contribution in [-0.4, -0.2) is 10.9 Å². The molecule has 0 aliphatic rings. The number of hydrogen-bond acceptors (Lipinski definition) is 3. The van der Waals surface area contributed by atoms with Crippen molar-refractivity contribution in [2.75, 3.05) is 0 Å². The third-order valence-corrected chi connectivity index (χ3v) is 2.09. The summed E-state index contributed by atoms with van der Waals surface area (Å²) in [6, 6.07) is 2.03. The highest BCUT2D eigenvalue weighted by Gasteiger charge is 2.31. The second kappa shape index (κ2) is 4.48. The van der Waals surface area contributed by atoms with Gasteiger partial charge < -0.3 is 0 Å².